The minimum absolute atomic E-state index is 0.0394. The first-order chi connectivity index (χ1) is 15.2. The zero-order valence-corrected chi connectivity index (χ0v) is 26.4. The van der Waals surface area contributed by atoms with E-state index in [0.29, 0.717) is 0 Å². The van der Waals surface area contributed by atoms with Gasteiger partial charge in [-0.15, -0.1) is 11.3 Å². The highest BCUT2D eigenvalue weighted by Crippen LogP contribution is 2.44. The number of aromatic nitrogens is 1. The number of thiazole rings is 1. The maximum absolute atomic E-state index is 13.2. The molecule has 2 aromatic rings. The summed E-state index contributed by atoms with van der Waals surface area (Å²) in [5.41, 5.74) is 0.927. The monoisotopic (exact) mass is 536 g/mol. The SMILES string of the molecule is CC1(C)SC(c2nc3ccc(O[Si](C)(C)C(C)(C)C)cc3s2)=NC1C(=O)O[Si](C)(C)C(C)(C)C. The second-order valence-electron chi connectivity index (χ2n) is 12.7. The van der Waals surface area contributed by atoms with E-state index in [1.54, 1.807) is 23.1 Å². The van der Waals surface area contributed by atoms with Gasteiger partial charge in [0.15, 0.2) is 6.04 Å². The molecule has 0 amide bonds. The van der Waals surface area contributed by atoms with Crippen LogP contribution in [0.5, 0.6) is 5.75 Å². The molecule has 1 aliphatic rings. The summed E-state index contributed by atoms with van der Waals surface area (Å²) in [6.07, 6.45) is 0. The van der Waals surface area contributed by atoms with Crippen molar-refractivity contribution in [2.45, 2.75) is 102 Å². The number of fused-ring (bicyclic) bond motifs is 1. The lowest BCUT2D eigenvalue weighted by Gasteiger charge is -2.37. The second kappa shape index (κ2) is 8.74. The van der Waals surface area contributed by atoms with Crippen LogP contribution in [0.1, 0.15) is 60.4 Å². The minimum Gasteiger partial charge on any atom is -0.543 e. The molecule has 1 aliphatic heterocycles. The quantitative estimate of drug-likeness (QED) is 0.364. The van der Waals surface area contributed by atoms with Crippen molar-refractivity contribution < 1.29 is 13.6 Å². The van der Waals surface area contributed by atoms with Gasteiger partial charge in [-0.2, -0.15) is 0 Å². The van der Waals surface area contributed by atoms with Gasteiger partial charge in [0.1, 0.15) is 15.8 Å². The Morgan fingerprint density at radius 1 is 1.00 bits per heavy atom. The molecule has 0 aliphatic carbocycles. The average Bonchev–Trinajstić information content (AvgIpc) is 3.18. The normalized spacial score (nSPS) is 19.3. The van der Waals surface area contributed by atoms with Crippen LogP contribution in [0.4, 0.5) is 0 Å². The Labute approximate surface area is 215 Å². The Morgan fingerprint density at radius 2 is 1.59 bits per heavy atom. The summed E-state index contributed by atoms with van der Waals surface area (Å²) in [5, 5.41) is 1.76. The highest BCUT2D eigenvalue weighted by Gasteiger charge is 2.48. The zero-order valence-electron chi connectivity index (χ0n) is 22.7. The smallest absolute Gasteiger partial charge is 0.319 e. The van der Waals surface area contributed by atoms with Crippen molar-refractivity contribution in [1.82, 2.24) is 4.98 Å². The molecule has 0 saturated carbocycles. The zero-order chi connectivity index (χ0) is 25.9. The summed E-state index contributed by atoms with van der Waals surface area (Å²) < 4.78 is 13.3. The molecule has 0 spiro atoms. The van der Waals surface area contributed by atoms with Crippen LogP contribution >= 0.6 is 23.1 Å². The van der Waals surface area contributed by atoms with Gasteiger partial charge in [0, 0.05) is 4.75 Å². The molecule has 0 fully saturated rings. The lowest BCUT2D eigenvalue weighted by atomic mass is 10.0. The van der Waals surface area contributed by atoms with Crippen LogP contribution < -0.4 is 4.43 Å². The molecule has 1 unspecified atom stereocenters. The van der Waals surface area contributed by atoms with Crippen LogP contribution in [0.3, 0.4) is 0 Å². The third-order valence-corrected chi connectivity index (χ3v) is 18.4. The molecule has 188 valence electrons. The van der Waals surface area contributed by atoms with Crippen LogP contribution in [-0.2, 0) is 9.22 Å². The average molecular weight is 537 g/mol. The van der Waals surface area contributed by atoms with E-state index in [9.17, 15) is 4.79 Å². The summed E-state index contributed by atoms with van der Waals surface area (Å²) in [7, 11) is -4.13. The van der Waals surface area contributed by atoms with Gasteiger partial charge in [0.05, 0.1) is 10.2 Å². The van der Waals surface area contributed by atoms with Crippen LogP contribution in [0, 0.1) is 0 Å². The third kappa shape index (κ3) is 5.47. The number of benzene rings is 1. The Hall–Kier alpha value is -1.17. The predicted molar refractivity (Wildman–Crippen MR) is 153 cm³/mol. The largest absolute Gasteiger partial charge is 0.543 e. The van der Waals surface area contributed by atoms with Gasteiger partial charge in [0.2, 0.25) is 8.32 Å². The first-order valence-electron chi connectivity index (χ1n) is 11.8. The lowest BCUT2D eigenvalue weighted by molar-refractivity contribution is -0.137. The lowest BCUT2D eigenvalue weighted by Crippen LogP contribution is -2.47. The van der Waals surface area contributed by atoms with Gasteiger partial charge in [-0.1, -0.05) is 53.3 Å². The topological polar surface area (TPSA) is 60.8 Å². The summed E-state index contributed by atoms with van der Waals surface area (Å²) in [6, 6.07) is 5.59. The first-order valence-corrected chi connectivity index (χ1v) is 19.3. The number of aliphatic imine (C=N–C) groups is 1. The van der Waals surface area contributed by atoms with Gasteiger partial charge < -0.3 is 8.85 Å². The minimum atomic E-state index is -2.22. The first kappa shape index (κ1) is 27.4. The van der Waals surface area contributed by atoms with Crippen LogP contribution in [0.25, 0.3) is 10.2 Å². The van der Waals surface area contributed by atoms with Crippen molar-refractivity contribution in [2.24, 2.45) is 4.99 Å². The van der Waals surface area contributed by atoms with E-state index >= 15 is 0 Å². The summed E-state index contributed by atoms with van der Waals surface area (Å²) in [5.74, 6) is 0.678. The van der Waals surface area contributed by atoms with E-state index in [1.807, 2.05) is 12.1 Å². The number of nitrogens with zero attached hydrogens (tertiary/aromatic N) is 2. The molecule has 1 aromatic carbocycles. The number of rotatable bonds is 5. The van der Waals surface area contributed by atoms with Gasteiger partial charge in [-0.05, 0) is 68.3 Å². The molecular weight excluding hydrogens is 497 g/mol. The fourth-order valence-electron chi connectivity index (χ4n) is 3.01. The standard InChI is InChI=1S/C25H40N2O3S2Si2/c1-23(2,3)33(9,10)29-16-13-14-17-18(15-16)31-20(26-17)21-27-19(25(7,8)32-21)22(28)30-34(11,12)24(4,5)6/h13-15,19H,1-12H3. The second-order valence-corrected chi connectivity index (χ2v) is 24.9. The Morgan fingerprint density at radius 3 is 2.15 bits per heavy atom. The number of thioether (sulfide) groups is 1. The highest BCUT2D eigenvalue weighted by molar-refractivity contribution is 8.16. The van der Waals surface area contributed by atoms with Gasteiger partial charge in [0.25, 0.3) is 8.32 Å². The number of carbonyl (C=O) groups excluding carboxylic acids is 1. The Bertz CT molecular complexity index is 1130. The molecule has 2 heterocycles. The molecular formula is C25H40N2O3S2Si2. The molecule has 1 atom stereocenters. The fraction of sp³-hybridized carbons (Fsp3) is 0.640. The molecule has 5 nitrogen and oxygen atoms in total. The van der Waals surface area contributed by atoms with E-state index in [2.05, 4.69) is 87.6 Å². The van der Waals surface area contributed by atoms with Gasteiger partial charge in [-0.3, -0.25) is 9.79 Å². The van der Waals surface area contributed by atoms with E-state index in [-0.39, 0.29) is 20.8 Å². The van der Waals surface area contributed by atoms with E-state index < -0.39 is 22.7 Å². The molecule has 3 rings (SSSR count). The van der Waals surface area contributed by atoms with Crippen molar-refractivity contribution >= 4 is 61.0 Å². The summed E-state index contributed by atoms with van der Waals surface area (Å²) in [4.78, 5) is 22.9. The Kier molecular flexibility index (Phi) is 7.05. The van der Waals surface area contributed by atoms with Crippen molar-refractivity contribution in [1.29, 1.82) is 0 Å². The molecule has 0 saturated heterocycles. The van der Waals surface area contributed by atoms with E-state index in [1.165, 1.54) is 0 Å². The van der Waals surface area contributed by atoms with E-state index in [4.69, 9.17) is 18.8 Å². The van der Waals surface area contributed by atoms with Gasteiger partial charge >= 0.3 is 5.97 Å². The molecule has 34 heavy (non-hydrogen) atoms. The number of carbonyl (C=O) groups is 1. The molecule has 1 aromatic heterocycles. The van der Waals surface area contributed by atoms with Crippen LogP contribution in [0.2, 0.25) is 36.3 Å². The molecule has 0 N–H and O–H groups in total. The fourth-order valence-corrected chi connectivity index (χ4v) is 7.14. The number of hydrogen-bond acceptors (Lipinski definition) is 7. The summed E-state index contributed by atoms with van der Waals surface area (Å²) in [6.45, 7) is 26.0. The predicted octanol–water partition coefficient (Wildman–Crippen LogP) is 7.87. The van der Waals surface area contributed by atoms with Crippen molar-refractivity contribution in [3.05, 3.63) is 23.2 Å². The molecule has 9 heteroatoms. The number of hydrogen-bond donors (Lipinski definition) is 0. The van der Waals surface area contributed by atoms with Crippen LogP contribution in [-0.4, -0.2) is 43.4 Å². The maximum atomic E-state index is 13.2. The van der Waals surface area contributed by atoms with Crippen LogP contribution in [0.15, 0.2) is 23.2 Å². The summed E-state index contributed by atoms with van der Waals surface area (Å²) >= 11 is 3.22. The van der Waals surface area contributed by atoms with Crippen molar-refractivity contribution in [2.75, 3.05) is 0 Å². The molecule has 0 radical (unpaired) electrons. The molecule has 0 bridgehead atoms. The van der Waals surface area contributed by atoms with E-state index in [0.717, 1.165) is 26.0 Å². The van der Waals surface area contributed by atoms with Gasteiger partial charge in [-0.25, -0.2) is 4.98 Å². The van der Waals surface area contributed by atoms with Crippen molar-refractivity contribution in [3.8, 4) is 5.75 Å². The Balaban J connectivity index is 1.87. The van der Waals surface area contributed by atoms with Crippen molar-refractivity contribution in [3.63, 3.8) is 0 Å². The third-order valence-electron chi connectivity index (χ3n) is 7.37. The highest BCUT2D eigenvalue weighted by atomic mass is 32.2. The maximum Gasteiger partial charge on any atom is 0.319 e.